The Balaban J connectivity index is 2.18. The fourth-order valence-electron chi connectivity index (χ4n) is 1.81. The number of nitrogens with one attached hydrogen (secondary N) is 1. The summed E-state index contributed by atoms with van der Waals surface area (Å²) in [5.41, 5.74) is 2.70. The summed E-state index contributed by atoms with van der Waals surface area (Å²) in [6, 6.07) is 8.77. The number of rotatable bonds is 9. The highest BCUT2D eigenvalue weighted by atomic mass is 16.5. The summed E-state index contributed by atoms with van der Waals surface area (Å²) < 4.78 is 5.17. The molecule has 0 amide bonds. The molecule has 0 spiro atoms. The van der Waals surface area contributed by atoms with Crippen molar-refractivity contribution in [2.75, 3.05) is 26.4 Å². The molecule has 3 nitrogen and oxygen atoms in total. The van der Waals surface area contributed by atoms with Crippen LogP contribution in [0.15, 0.2) is 24.3 Å². The van der Waals surface area contributed by atoms with E-state index in [1.807, 2.05) is 0 Å². The lowest BCUT2D eigenvalue weighted by molar-refractivity contribution is 0.0938. The van der Waals surface area contributed by atoms with Crippen molar-refractivity contribution in [3.63, 3.8) is 0 Å². The van der Waals surface area contributed by atoms with E-state index in [0.717, 1.165) is 19.5 Å². The van der Waals surface area contributed by atoms with Crippen molar-refractivity contribution in [1.82, 2.24) is 5.32 Å². The predicted octanol–water partition coefficient (Wildman–Crippen LogP) is 1.98. The summed E-state index contributed by atoms with van der Waals surface area (Å²) >= 11 is 0. The van der Waals surface area contributed by atoms with E-state index in [-0.39, 0.29) is 6.61 Å². The van der Waals surface area contributed by atoms with Gasteiger partial charge in [0.15, 0.2) is 0 Å². The van der Waals surface area contributed by atoms with Crippen molar-refractivity contribution in [2.24, 2.45) is 5.92 Å². The van der Waals surface area contributed by atoms with Gasteiger partial charge in [-0.3, -0.25) is 0 Å². The standard InChI is InChI=1S/C15H25NO2/c1-13(2)11-14-3-5-15(6-4-14)12-16-7-9-18-10-8-17/h3-6,13,16-17H,7-12H2,1-2H3. The summed E-state index contributed by atoms with van der Waals surface area (Å²) in [5, 5.41) is 11.9. The Morgan fingerprint density at radius 3 is 2.39 bits per heavy atom. The number of hydrogen-bond acceptors (Lipinski definition) is 3. The third-order valence-electron chi connectivity index (χ3n) is 2.65. The van der Waals surface area contributed by atoms with Crippen LogP contribution in [0.5, 0.6) is 0 Å². The van der Waals surface area contributed by atoms with Crippen LogP contribution in [0.2, 0.25) is 0 Å². The van der Waals surface area contributed by atoms with Crippen LogP contribution in [0, 0.1) is 5.92 Å². The number of ether oxygens (including phenoxy) is 1. The highest BCUT2D eigenvalue weighted by molar-refractivity contribution is 5.22. The lowest BCUT2D eigenvalue weighted by atomic mass is 10.0. The van der Waals surface area contributed by atoms with Crippen molar-refractivity contribution < 1.29 is 9.84 Å². The molecule has 0 bridgehead atoms. The molecule has 1 aromatic rings. The smallest absolute Gasteiger partial charge is 0.0698 e. The van der Waals surface area contributed by atoms with Gasteiger partial charge in [-0.15, -0.1) is 0 Å². The first-order valence-electron chi connectivity index (χ1n) is 6.69. The Kier molecular flexibility index (Phi) is 7.65. The van der Waals surface area contributed by atoms with Crippen LogP contribution in [0.3, 0.4) is 0 Å². The predicted molar refractivity (Wildman–Crippen MR) is 74.6 cm³/mol. The minimum absolute atomic E-state index is 0.0946. The molecular weight excluding hydrogens is 226 g/mol. The van der Waals surface area contributed by atoms with Crippen LogP contribution < -0.4 is 5.32 Å². The molecule has 1 rings (SSSR count). The van der Waals surface area contributed by atoms with Crippen LogP contribution in [-0.2, 0) is 17.7 Å². The lowest BCUT2D eigenvalue weighted by Gasteiger charge is -2.08. The third kappa shape index (κ3) is 6.74. The molecule has 0 aliphatic carbocycles. The molecule has 18 heavy (non-hydrogen) atoms. The molecule has 1 aromatic carbocycles. The van der Waals surface area contributed by atoms with Crippen LogP contribution in [0.1, 0.15) is 25.0 Å². The second-order valence-corrected chi connectivity index (χ2v) is 4.93. The van der Waals surface area contributed by atoms with Crippen molar-refractivity contribution in [3.05, 3.63) is 35.4 Å². The second-order valence-electron chi connectivity index (χ2n) is 4.93. The third-order valence-corrected chi connectivity index (χ3v) is 2.65. The second kappa shape index (κ2) is 9.09. The first-order valence-corrected chi connectivity index (χ1v) is 6.69. The average Bonchev–Trinajstić information content (AvgIpc) is 2.35. The van der Waals surface area contributed by atoms with Crippen LogP contribution >= 0.6 is 0 Å². The molecule has 0 atom stereocenters. The average molecular weight is 251 g/mol. The minimum atomic E-state index is 0.0946. The largest absolute Gasteiger partial charge is 0.394 e. The first kappa shape index (κ1) is 15.2. The lowest BCUT2D eigenvalue weighted by Crippen LogP contribution is -2.20. The van der Waals surface area contributed by atoms with Crippen LogP contribution in [-0.4, -0.2) is 31.5 Å². The summed E-state index contributed by atoms with van der Waals surface area (Å²) in [7, 11) is 0. The van der Waals surface area contributed by atoms with E-state index in [1.165, 1.54) is 11.1 Å². The summed E-state index contributed by atoms with van der Waals surface area (Å²) in [5.74, 6) is 0.706. The van der Waals surface area contributed by atoms with E-state index in [9.17, 15) is 0 Å². The van der Waals surface area contributed by atoms with E-state index in [0.29, 0.717) is 19.1 Å². The topological polar surface area (TPSA) is 41.5 Å². The summed E-state index contributed by atoms with van der Waals surface area (Å²) in [4.78, 5) is 0. The molecule has 3 heteroatoms. The monoisotopic (exact) mass is 251 g/mol. The minimum Gasteiger partial charge on any atom is -0.394 e. The molecule has 0 fully saturated rings. The summed E-state index contributed by atoms with van der Waals surface area (Å²) in [6.07, 6.45) is 1.14. The van der Waals surface area contributed by atoms with Gasteiger partial charge in [0.25, 0.3) is 0 Å². The molecule has 2 N–H and O–H groups in total. The van der Waals surface area contributed by atoms with Gasteiger partial charge in [0.05, 0.1) is 19.8 Å². The Hall–Kier alpha value is -0.900. The molecule has 0 saturated carbocycles. The van der Waals surface area contributed by atoms with E-state index in [2.05, 4.69) is 43.4 Å². The van der Waals surface area contributed by atoms with Gasteiger partial charge in [-0.25, -0.2) is 0 Å². The van der Waals surface area contributed by atoms with Gasteiger partial charge < -0.3 is 15.2 Å². The molecule has 0 aromatic heterocycles. The van der Waals surface area contributed by atoms with E-state index < -0.39 is 0 Å². The first-order chi connectivity index (χ1) is 8.72. The number of benzene rings is 1. The quantitative estimate of drug-likeness (QED) is 0.659. The number of aliphatic hydroxyl groups excluding tert-OH is 1. The Bertz CT molecular complexity index is 309. The molecule has 102 valence electrons. The van der Waals surface area contributed by atoms with Crippen molar-refractivity contribution >= 4 is 0 Å². The highest BCUT2D eigenvalue weighted by Crippen LogP contribution is 2.09. The van der Waals surface area contributed by atoms with Gasteiger partial charge in [0.2, 0.25) is 0 Å². The van der Waals surface area contributed by atoms with E-state index in [4.69, 9.17) is 9.84 Å². The zero-order valence-electron chi connectivity index (χ0n) is 11.5. The Morgan fingerprint density at radius 2 is 1.78 bits per heavy atom. The van der Waals surface area contributed by atoms with Gasteiger partial charge in [0.1, 0.15) is 0 Å². The van der Waals surface area contributed by atoms with Gasteiger partial charge in [-0.05, 0) is 23.5 Å². The SMILES string of the molecule is CC(C)Cc1ccc(CNCCOCCO)cc1. The Labute approximate surface area is 110 Å². The number of hydrogen-bond donors (Lipinski definition) is 2. The van der Waals surface area contributed by atoms with Crippen LogP contribution in [0.4, 0.5) is 0 Å². The fraction of sp³-hybridized carbons (Fsp3) is 0.600. The zero-order chi connectivity index (χ0) is 13.2. The summed E-state index contributed by atoms with van der Waals surface area (Å²) in [6.45, 7) is 7.32. The van der Waals surface area contributed by atoms with Crippen molar-refractivity contribution in [2.45, 2.75) is 26.8 Å². The fourth-order valence-corrected chi connectivity index (χ4v) is 1.81. The van der Waals surface area contributed by atoms with Gasteiger partial charge >= 0.3 is 0 Å². The molecule has 0 aliphatic heterocycles. The molecule has 0 unspecified atom stereocenters. The molecular formula is C15H25NO2. The highest BCUT2D eigenvalue weighted by Gasteiger charge is 1.98. The van der Waals surface area contributed by atoms with Crippen LogP contribution in [0.25, 0.3) is 0 Å². The van der Waals surface area contributed by atoms with E-state index in [1.54, 1.807) is 0 Å². The maximum Gasteiger partial charge on any atom is 0.0698 e. The van der Waals surface area contributed by atoms with Gasteiger partial charge in [-0.2, -0.15) is 0 Å². The normalized spacial score (nSPS) is 11.1. The van der Waals surface area contributed by atoms with Gasteiger partial charge in [0, 0.05) is 13.1 Å². The van der Waals surface area contributed by atoms with Crippen molar-refractivity contribution in [3.8, 4) is 0 Å². The maximum atomic E-state index is 8.54. The molecule has 0 saturated heterocycles. The van der Waals surface area contributed by atoms with Crippen molar-refractivity contribution in [1.29, 1.82) is 0 Å². The number of aliphatic hydroxyl groups is 1. The Morgan fingerprint density at radius 1 is 1.11 bits per heavy atom. The zero-order valence-corrected chi connectivity index (χ0v) is 11.5. The van der Waals surface area contributed by atoms with Gasteiger partial charge in [-0.1, -0.05) is 38.1 Å². The van der Waals surface area contributed by atoms with E-state index >= 15 is 0 Å². The molecule has 0 radical (unpaired) electrons. The molecule has 0 aliphatic rings. The molecule has 0 heterocycles. The maximum absolute atomic E-state index is 8.54.